The smallest absolute Gasteiger partial charge is 0.345 e. The van der Waals surface area contributed by atoms with Crippen LogP contribution in [0.15, 0.2) is 66.7 Å². The molecule has 0 spiro atoms. The van der Waals surface area contributed by atoms with Crippen LogP contribution in [-0.2, 0) is 14.3 Å². The summed E-state index contributed by atoms with van der Waals surface area (Å²) in [6.45, 7) is -0.184. The number of ether oxygens (including phenoxy) is 3. The Balaban J connectivity index is 1.39. The molecule has 1 aliphatic carbocycles. The van der Waals surface area contributed by atoms with Crippen LogP contribution < -0.4 is 4.74 Å². The number of hydrogen-bond acceptors (Lipinski definition) is 5. The molecule has 1 fully saturated rings. The number of hydrogen-bond donors (Lipinski definition) is 0. The van der Waals surface area contributed by atoms with Crippen LogP contribution in [0.25, 0.3) is 25.1 Å². The second-order valence-corrected chi connectivity index (χ2v) is 10.5. The van der Waals surface area contributed by atoms with E-state index in [0.717, 1.165) is 33.2 Å². The fourth-order valence-electron chi connectivity index (χ4n) is 4.69. The fraction of sp³-hybridized carbons (Fsp3) is 0.241. The van der Waals surface area contributed by atoms with E-state index < -0.39 is 11.6 Å². The summed E-state index contributed by atoms with van der Waals surface area (Å²) in [5.41, 5.74) is -0.242. The Morgan fingerprint density at radius 2 is 1.69 bits per heavy atom. The minimum absolute atomic E-state index is 0.184. The number of benzene rings is 3. The van der Waals surface area contributed by atoms with E-state index in [4.69, 9.17) is 20.6 Å². The van der Waals surface area contributed by atoms with E-state index in [-0.39, 0.29) is 23.0 Å². The van der Waals surface area contributed by atoms with E-state index >= 15 is 0 Å². The molecule has 1 aliphatic rings. The van der Waals surface area contributed by atoms with Crippen molar-refractivity contribution in [3.05, 3.63) is 72.3 Å². The van der Waals surface area contributed by atoms with Crippen LogP contribution in [0.3, 0.4) is 0 Å². The average molecular weight is 486 g/mol. The lowest BCUT2D eigenvalue weighted by Crippen LogP contribution is -2.32. The van der Waals surface area contributed by atoms with Gasteiger partial charge in [-0.25, -0.2) is 9.59 Å². The first-order valence-electron chi connectivity index (χ1n) is 11.5. The average Bonchev–Trinajstić information content (AvgIpc) is 3.50. The number of thiophene rings is 1. The number of fused-ring (bicyclic) bond motifs is 3. The first-order valence-corrected chi connectivity index (χ1v) is 12.7. The van der Waals surface area contributed by atoms with Gasteiger partial charge in [-0.2, -0.15) is 0 Å². The van der Waals surface area contributed by atoms with Gasteiger partial charge < -0.3 is 14.2 Å². The number of esters is 2. The molecule has 1 aromatic heterocycles. The fourth-order valence-corrected chi connectivity index (χ4v) is 7.04. The van der Waals surface area contributed by atoms with Crippen LogP contribution in [-0.4, -0.2) is 31.3 Å². The van der Waals surface area contributed by atoms with Gasteiger partial charge in [0.25, 0.3) is 0 Å². The van der Waals surface area contributed by atoms with Crippen LogP contribution in [0.5, 0.6) is 5.75 Å². The van der Waals surface area contributed by atoms with Gasteiger partial charge in [-0.3, -0.25) is 0 Å². The van der Waals surface area contributed by atoms with Crippen molar-refractivity contribution >= 4 is 42.6 Å². The molecule has 1 saturated carbocycles. The predicted molar refractivity (Wildman–Crippen MR) is 138 cm³/mol. The molecule has 0 radical (unpaired) electrons. The Bertz CT molecular complexity index is 1450. The molecule has 0 bridgehead atoms. The zero-order chi connectivity index (χ0) is 24.4. The van der Waals surface area contributed by atoms with E-state index in [0.29, 0.717) is 24.2 Å². The summed E-state index contributed by atoms with van der Waals surface area (Å²) in [7, 11) is 1.07. The van der Waals surface area contributed by atoms with Gasteiger partial charge in [-0.1, -0.05) is 18.1 Å². The van der Waals surface area contributed by atoms with Gasteiger partial charge in [0, 0.05) is 33.4 Å². The largest absolute Gasteiger partial charge is 0.482 e. The quantitative estimate of drug-likeness (QED) is 0.180. The van der Waals surface area contributed by atoms with Crippen LogP contribution in [0.4, 0.5) is 0 Å². The van der Waals surface area contributed by atoms with E-state index in [1.54, 1.807) is 0 Å². The molecule has 35 heavy (non-hydrogen) atoms. The maximum Gasteiger partial charge on any atom is 0.345 e. The van der Waals surface area contributed by atoms with Crippen LogP contribution >= 0.6 is 10.5 Å². The van der Waals surface area contributed by atoms with Crippen LogP contribution in [0.1, 0.15) is 36.0 Å². The standard InChI is InChI=1S/C29H25O5S/c1-3-29(16-6-7-17-29)34-27(30)19-33-21-11-13-22(14-12-21)35-25-9-5-4-8-23(25)24-18-20(28(31)32-2)10-15-26(24)35/h1,4-5,8-15,18H,6-7,16-17,19H2,2H3/q+1. The lowest BCUT2D eigenvalue weighted by molar-refractivity contribution is -0.156. The lowest BCUT2D eigenvalue weighted by Gasteiger charge is -2.22. The first kappa shape index (κ1) is 22.9. The summed E-state index contributed by atoms with van der Waals surface area (Å²) in [4.78, 5) is 25.5. The molecule has 0 saturated heterocycles. The summed E-state index contributed by atoms with van der Waals surface area (Å²) in [6.07, 6.45) is 8.96. The first-order chi connectivity index (χ1) is 17.0. The predicted octanol–water partition coefficient (Wildman–Crippen LogP) is 6.39. The number of terminal acetylenes is 1. The summed E-state index contributed by atoms with van der Waals surface area (Å²) >= 11 is 0. The third-order valence-corrected chi connectivity index (χ3v) is 8.75. The third kappa shape index (κ3) is 4.36. The molecule has 1 heterocycles. The Morgan fingerprint density at radius 1 is 0.971 bits per heavy atom. The van der Waals surface area contributed by atoms with Crippen molar-refractivity contribution in [3.63, 3.8) is 0 Å². The van der Waals surface area contributed by atoms with Crippen molar-refractivity contribution in [2.24, 2.45) is 0 Å². The molecule has 0 N–H and O–H groups in total. The highest BCUT2D eigenvalue weighted by Crippen LogP contribution is 2.48. The van der Waals surface area contributed by atoms with Crippen LogP contribution in [0.2, 0.25) is 0 Å². The van der Waals surface area contributed by atoms with Gasteiger partial charge in [-0.05, 0) is 68.1 Å². The highest BCUT2D eigenvalue weighted by Gasteiger charge is 2.35. The molecule has 3 aromatic carbocycles. The van der Waals surface area contributed by atoms with Crippen molar-refractivity contribution in [3.8, 4) is 23.0 Å². The summed E-state index contributed by atoms with van der Waals surface area (Å²) in [5.74, 6) is 2.44. The molecular weight excluding hydrogens is 460 g/mol. The van der Waals surface area contributed by atoms with Crippen molar-refractivity contribution in [1.82, 2.24) is 0 Å². The highest BCUT2D eigenvalue weighted by atomic mass is 32.2. The minimum atomic E-state index is -0.775. The molecule has 1 unspecified atom stereocenters. The SMILES string of the molecule is C#CC1(OC(=O)COc2ccc(-[s+]3c4ccccc4c4cc(C(=O)OC)ccc43)cc2)CCCC1. The Morgan fingerprint density at radius 3 is 2.40 bits per heavy atom. The van der Waals surface area contributed by atoms with E-state index in [1.807, 2.05) is 54.6 Å². The lowest BCUT2D eigenvalue weighted by atomic mass is 10.0. The van der Waals surface area contributed by atoms with Crippen molar-refractivity contribution < 1.29 is 23.8 Å². The monoisotopic (exact) mass is 485 g/mol. The van der Waals surface area contributed by atoms with Gasteiger partial charge in [0.15, 0.2) is 26.5 Å². The van der Waals surface area contributed by atoms with Crippen molar-refractivity contribution in [2.45, 2.75) is 31.3 Å². The summed E-state index contributed by atoms with van der Waals surface area (Å²) in [5, 5.41) is 2.17. The Labute approximate surface area is 206 Å². The normalized spacial score (nSPS) is 15.0. The Kier molecular flexibility index (Phi) is 6.19. The number of rotatable bonds is 6. The van der Waals surface area contributed by atoms with Gasteiger partial charge in [-0.15, -0.1) is 6.42 Å². The molecular formula is C29H25O5S+. The van der Waals surface area contributed by atoms with Crippen LogP contribution in [0, 0.1) is 12.3 Å². The topological polar surface area (TPSA) is 61.8 Å². The van der Waals surface area contributed by atoms with Crippen molar-refractivity contribution in [2.75, 3.05) is 13.7 Å². The molecule has 4 aromatic rings. The van der Waals surface area contributed by atoms with Gasteiger partial charge in [0.2, 0.25) is 0 Å². The molecule has 0 amide bonds. The van der Waals surface area contributed by atoms with E-state index in [2.05, 4.69) is 18.1 Å². The van der Waals surface area contributed by atoms with Gasteiger partial charge in [0.05, 0.1) is 12.7 Å². The van der Waals surface area contributed by atoms with Gasteiger partial charge in [0.1, 0.15) is 5.75 Å². The number of carbonyl (C=O) groups is 2. The molecule has 0 aliphatic heterocycles. The third-order valence-electron chi connectivity index (χ3n) is 6.42. The Hall–Kier alpha value is -3.82. The second-order valence-electron chi connectivity index (χ2n) is 8.58. The second kappa shape index (κ2) is 9.44. The summed E-state index contributed by atoms with van der Waals surface area (Å²) in [6, 6.07) is 21.7. The number of carbonyl (C=O) groups excluding carboxylic acids is 2. The molecule has 176 valence electrons. The van der Waals surface area contributed by atoms with E-state index in [9.17, 15) is 9.59 Å². The van der Waals surface area contributed by atoms with Crippen molar-refractivity contribution in [1.29, 1.82) is 0 Å². The zero-order valence-corrected chi connectivity index (χ0v) is 20.2. The van der Waals surface area contributed by atoms with Gasteiger partial charge >= 0.3 is 11.9 Å². The number of methoxy groups -OCH3 is 1. The molecule has 5 nitrogen and oxygen atoms in total. The molecule has 6 heteroatoms. The molecule has 5 rings (SSSR count). The zero-order valence-electron chi connectivity index (χ0n) is 19.4. The maximum atomic E-state index is 12.3. The maximum absolute atomic E-state index is 12.3. The highest BCUT2D eigenvalue weighted by molar-refractivity contribution is 7.50. The molecule has 1 atom stereocenters. The van der Waals surface area contributed by atoms with E-state index in [1.165, 1.54) is 11.8 Å². The summed E-state index contributed by atoms with van der Waals surface area (Å²) < 4.78 is 18.5. The minimum Gasteiger partial charge on any atom is -0.482 e.